The van der Waals surface area contributed by atoms with Crippen molar-refractivity contribution in [2.45, 2.75) is 27.9 Å². The molecule has 1 heterocycles. The maximum atomic E-state index is 10.1. The predicted molar refractivity (Wildman–Crippen MR) is 211 cm³/mol. The van der Waals surface area contributed by atoms with Gasteiger partial charge < -0.3 is 19.7 Å². The third kappa shape index (κ3) is 6.62. The number of hydrogen-bond acceptors (Lipinski definition) is 4. The Morgan fingerprint density at radius 1 is 0.524 bits per heavy atom. The number of thiol groups is 1. The first-order valence-corrected chi connectivity index (χ1v) is 19.3. The molecular weight excluding hydrogens is 1110 g/mol. The lowest BCUT2D eigenvalue weighted by atomic mass is 10.1. The van der Waals surface area contributed by atoms with Crippen LogP contribution in [0.15, 0.2) is 99.6 Å². The minimum absolute atomic E-state index is 0.311. The zero-order valence-electron chi connectivity index (χ0n) is 21.5. The van der Waals surface area contributed by atoms with Crippen molar-refractivity contribution in [3.63, 3.8) is 0 Å². The number of phenolic OH excluding ortho intramolecular Hbond substituents is 2. The van der Waals surface area contributed by atoms with Crippen molar-refractivity contribution in [3.05, 3.63) is 114 Å². The van der Waals surface area contributed by atoms with E-state index in [1.165, 1.54) is 29.4 Å². The molecule has 10 heteroatoms. The average molecular weight is 1140 g/mol. The summed E-state index contributed by atoms with van der Waals surface area (Å²) in [6.45, 7) is 0.828. The number of aromatic hydroxyl groups is 2. The van der Waals surface area contributed by atoms with Crippen molar-refractivity contribution in [1.82, 2.24) is 0 Å². The van der Waals surface area contributed by atoms with Crippen LogP contribution in [0.2, 0.25) is 0 Å². The molecule has 5 aromatic carbocycles. The van der Waals surface area contributed by atoms with Crippen LogP contribution in [0.25, 0.3) is 11.1 Å². The van der Waals surface area contributed by atoms with Crippen LogP contribution >= 0.6 is 124 Å². The van der Waals surface area contributed by atoms with E-state index in [0.717, 1.165) is 36.9 Å². The molecule has 5 aromatic rings. The molecule has 42 heavy (non-hydrogen) atoms. The molecule has 0 atom stereocenters. The van der Waals surface area contributed by atoms with Crippen LogP contribution in [0.1, 0.15) is 11.1 Å². The first-order chi connectivity index (χ1) is 20.2. The highest BCUT2D eigenvalue weighted by Gasteiger charge is 2.28. The van der Waals surface area contributed by atoms with Crippen molar-refractivity contribution in [1.29, 1.82) is 0 Å². The van der Waals surface area contributed by atoms with Crippen molar-refractivity contribution in [2.75, 3.05) is 0 Å². The second-order valence-electron chi connectivity index (χ2n) is 9.56. The van der Waals surface area contributed by atoms with Crippen LogP contribution in [0, 0.1) is 17.9 Å². The maximum absolute atomic E-state index is 10.1. The number of ether oxygens (including phenoxy) is 2. The quantitative estimate of drug-likeness (QED) is 0.110. The Morgan fingerprint density at radius 2 is 0.929 bits per heavy atom. The van der Waals surface area contributed by atoms with Gasteiger partial charge in [0.25, 0.3) is 0 Å². The van der Waals surface area contributed by atoms with E-state index >= 15 is 0 Å². The van der Waals surface area contributed by atoms with Crippen LogP contribution < -0.4 is 9.47 Å². The van der Waals surface area contributed by atoms with E-state index in [-0.39, 0.29) is 0 Å². The number of phenols is 2. The summed E-state index contributed by atoms with van der Waals surface area (Å²) in [4.78, 5) is 3.93. The average Bonchev–Trinajstić information content (AvgIpc) is 3.29. The monoisotopic (exact) mass is 1140 g/mol. The van der Waals surface area contributed by atoms with E-state index < -0.39 is 10.9 Å². The number of rotatable bonds is 7. The van der Waals surface area contributed by atoms with Gasteiger partial charge in [-0.25, -0.2) is 0 Å². The number of halogens is 5. The molecule has 214 valence electrons. The molecule has 4 nitrogen and oxygen atoms in total. The number of fused-ring (bicyclic) bond motifs is 3. The lowest BCUT2D eigenvalue weighted by molar-refractivity contribution is 0.305. The third-order valence-corrected chi connectivity index (χ3v) is 13.3. The Labute approximate surface area is 315 Å². The van der Waals surface area contributed by atoms with E-state index in [1.54, 1.807) is 0 Å². The molecular formula is C32H21I5O4S. The Bertz CT molecular complexity index is 1670. The normalized spacial score (nSPS) is 12.6. The van der Waals surface area contributed by atoms with Gasteiger partial charge in [0, 0.05) is 13.4 Å². The second kappa shape index (κ2) is 13.3. The summed E-state index contributed by atoms with van der Waals surface area (Å²) >= 11 is 10.9. The van der Waals surface area contributed by atoms with Gasteiger partial charge in [-0.3, -0.25) is 0 Å². The van der Waals surface area contributed by atoms with Gasteiger partial charge in [-0.15, -0.1) is 0 Å². The molecule has 2 N–H and O–H groups in total. The Morgan fingerprint density at radius 3 is 1.33 bits per heavy atom. The summed E-state index contributed by atoms with van der Waals surface area (Å²) in [7, 11) is -0.714. The minimum Gasteiger partial charge on any atom is -0.506 e. The summed E-state index contributed by atoms with van der Waals surface area (Å²) < 4.78 is 17.0. The number of benzene rings is 5. The highest BCUT2D eigenvalue weighted by atomic mass is 127. The van der Waals surface area contributed by atoms with E-state index in [0.29, 0.717) is 24.7 Å². The lowest BCUT2D eigenvalue weighted by Gasteiger charge is -2.19. The molecule has 0 radical (unpaired) electrons. The summed E-state index contributed by atoms with van der Waals surface area (Å²) in [5.41, 5.74) is 4.36. The topological polar surface area (TPSA) is 58.9 Å². The van der Waals surface area contributed by atoms with Gasteiger partial charge in [0.2, 0.25) is 0 Å². The van der Waals surface area contributed by atoms with Crippen molar-refractivity contribution >= 4 is 124 Å². The molecule has 0 amide bonds. The highest BCUT2D eigenvalue weighted by molar-refractivity contribution is 14.1. The van der Waals surface area contributed by atoms with Crippen molar-refractivity contribution < 1.29 is 19.7 Å². The van der Waals surface area contributed by atoms with Gasteiger partial charge in [0.15, 0.2) is 0 Å². The number of hydrogen-bond donors (Lipinski definition) is 3. The van der Waals surface area contributed by atoms with Crippen molar-refractivity contribution in [3.8, 4) is 34.1 Å². The Kier molecular flexibility index (Phi) is 9.94. The van der Waals surface area contributed by atoms with E-state index in [2.05, 4.69) is 174 Å². The van der Waals surface area contributed by atoms with Crippen LogP contribution in [0.5, 0.6) is 23.0 Å². The summed E-state index contributed by atoms with van der Waals surface area (Å²) in [5.74, 6) is 2.23. The Hall–Kier alpha value is -0.700. The summed E-state index contributed by atoms with van der Waals surface area (Å²) in [5, 5.41) is 20.3. The van der Waals surface area contributed by atoms with Crippen LogP contribution in [-0.2, 0) is 13.2 Å². The second-order valence-corrected chi connectivity index (χ2v) is 17.6. The van der Waals surface area contributed by atoms with Crippen molar-refractivity contribution in [2.24, 2.45) is 0 Å². The summed E-state index contributed by atoms with van der Waals surface area (Å²) in [6.07, 6.45) is 0. The van der Waals surface area contributed by atoms with Gasteiger partial charge in [0.05, 0.1) is 14.3 Å². The zero-order chi connectivity index (χ0) is 29.5. The van der Waals surface area contributed by atoms with Gasteiger partial charge in [-0.1, -0.05) is 0 Å². The first-order valence-electron chi connectivity index (χ1n) is 12.6. The maximum Gasteiger partial charge on any atom is 0.142 e. The molecule has 0 bridgehead atoms. The van der Waals surface area contributed by atoms with E-state index in [1.807, 2.05) is 24.3 Å². The SMILES string of the molecule is Oc1c(I)cc(COc2ccc3c(c2)-c2cc(OCc4cc(I)c(O)c(I)c4)ccc2[SH]3c2ccc(I)cc2)cc1I. The fourth-order valence-corrected chi connectivity index (χ4v) is 11.5. The smallest absolute Gasteiger partial charge is 0.142 e. The molecule has 1 aliphatic heterocycles. The first kappa shape index (κ1) is 31.3. The fraction of sp³-hybridized carbons (Fsp3) is 0.0625. The molecule has 0 aromatic heterocycles. The van der Waals surface area contributed by atoms with Crippen LogP contribution in [0.3, 0.4) is 0 Å². The minimum atomic E-state index is -0.714. The van der Waals surface area contributed by atoms with Gasteiger partial charge >= 0.3 is 0 Å². The zero-order valence-corrected chi connectivity index (χ0v) is 33.2. The molecule has 0 saturated carbocycles. The molecule has 0 fully saturated rings. The van der Waals surface area contributed by atoms with Crippen LogP contribution in [0.4, 0.5) is 0 Å². The molecule has 0 saturated heterocycles. The Balaban J connectivity index is 1.33. The summed E-state index contributed by atoms with van der Waals surface area (Å²) in [6, 6.07) is 29.5. The van der Waals surface area contributed by atoms with E-state index in [4.69, 9.17) is 9.47 Å². The molecule has 1 aliphatic rings. The third-order valence-electron chi connectivity index (χ3n) is 6.76. The molecule has 0 aliphatic carbocycles. The lowest BCUT2D eigenvalue weighted by Crippen LogP contribution is -1.98. The standard InChI is InChI=1S/C32H21I5O4S/c33-19-1-5-22(6-2-19)42-29-7-3-20(40-15-17-9-25(34)31(38)26(35)10-17)13-23(29)24-14-21(4-8-30(24)42)41-16-18-11-27(36)32(39)28(37)12-18/h1-14,38-39,42H,15-16H2. The molecule has 0 unspecified atom stereocenters. The predicted octanol–water partition coefficient (Wildman–Crippen LogP) is 10.7. The van der Waals surface area contributed by atoms with Gasteiger partial charge in [-0.05, 0) is 225 Å². The van der Waals surface area contributed by atoms with Gasteiger partial charge in [-0.2, -0.15) is 10.9 Å². The molecule has 0 spiro atoms. The largest absolute Gasteiger partial charge is 0.506 e. The highest BCUT2D eigenvalue weighted by Crippen LogP contribution is 2.63. The van der Waals surface area contributed by atoms with E-state index in [9.17, 15) is 10.2 Å². The molecule has 6 rings (SSSR count). The van der Waals surface area contributed by atoms with Gasteiger partial charge in [0.1, 0.15) is 36.2 Å². The fourth-order valence-electron chi connectivity index (χ4n) is 4.77. The van der Waals surface area contributed by atoms with Crippen LogP contribution in [-0.4, -0.2) is 10.2 Å².